The van der Waals surface area contributed by atoms with Crippen LogP contribution in [-0.4, -0.2) is 4.57 Å². The maximum absolute atomic E-state index is 2.51. The van der Waals surface area contributed by atoms with Crippen molar-refractivity contribution in [2.45, 2.75) is 5.41 Å². The first kappa shape index (κ1) is 38.4. The normalized spacial score (nSPS) is 14.2. The lowest BCUT2D eigenvalue weighted by Gasteiger charge is -2.33. The van der Waals surface area contributed by atoms with Crippen molar-refractivity contribution < 1.29 is 0 Å². The van der Waals surface area contributed by atoms with Crippen molar-refractivity contribution in [3.05, 3.63) is 283 Å². The Bertz CT molecular complexity index is 3870. The molecule has 0 fully saturated rings. The van der Waals surface area contributed by atoms with E-state index in [4.69, 9.17) is 0 Å². The molecule has 68 heavy (non-hydrogen) atoms. The predicted molar refractivity (Wildman–Crippen MR) is 284 cm³/mol. The molecule has 0 saturated carbocycles. The number of rotatable bonds is 7. The second kappa shape index (κ2) is 15.1. The van der Waals surface area contributed by atoms with Crippen LogP contribution < -0.4 is 9.80 Å². The van der Waals surface area contributed by atoms with E-state index < -0.39 is 5.41 Å². The molecule has 12 aromatic rings. The third-order valence-electron chi connectivity index (χ3n) is 14.5. The zero-order valence-electron chi connectivity index (χ0n) is 37.2. The van der Waals surface area contributed by atoms with E-state index in [1.54, 1.807) is 0 Å². The van der Waals surface area contributed by atoms with E-state index in [0.717, 1.165) is 34.1 Å². The monoisotopic (exact) mass is 865 g/mol. The number of anilines is 6. The van der Waals surface area contributed by atoms with Crippen molar-refractivity contribution in [2.75, 3.05) is 9.80 Å². The topological polar surface area (TPSA) is 11.4 Å². The molecule has 1 heterocycles. The minimum Gasteiger partial charge on any atom is -0.310 e. The maximum atomic E-state index is 2.51. The van der Waals surface area contributed by atoms with Gasteiger partial charge in [-0.15, -0.1) is 0 Å². The number of nitrogens with zero attached hydrogens (tertiary/aromatic N) is 3. The smallest absolute Gasteiger partial charge is 0.0727 e. The molecule has 318 valence electrons. The zero-order valence-corrected chi connectivity index (χ0v) is 37.2. The van der Waals surface area contributed by atoms with Crippen molar-refractivity contribution in [1.82, 2.24) is 4.57 Å². The molecule has 0 N–H and O–H groups in total. The molecule has 1 spiro atoms. The Hall–Kier alpha value is -8.92. The van der Waals surface area contributed by atoms with Crippen molar-refractivity contribution in [3.63, 3.8) is 0 Å². The van der Waals surface area contributed by atoms with Gasteiger partial charge >= 0.3 is 0 Å². The summed E-state index contributed by atoms with van der Waals surface area (Å²) in [6.45, 7) is 0. The van der Waals surface area contributed by atoms with Gasteiger partial charge in [-0.3, -0.25) is 0 Å². The van der Waals surface area contributed by atoms with Gasteiger partial charge in [-0.2, -0.15) is 0 Å². The molecule has 1 atom stereocenters. The first-order valence-electron chi connectivity index (χ1n) is 23.5. The molecular formula is C65H43N3. The van der Waals surface area contributed by atoms with E-state index in [9.17, 15) is 0 Å². The number of para-hydroxylation sites is 5. The Morgan fingerprint density at radius 1 is 0.294 bits per heavy atom. The van der Waals surface area contributed by atoms with Crippen LogP contribution in [-0.2, 0) is 5.41 Å². The highest BCUT2D eigenvalue weighted by Crippen LogP contribution is 2.66. The lowest BCUT2D eigenvalue weighted by molar-refractivity contribution is 0.795. The highest BCUT2D eigenvalue weighted by molar-refractivity contribution is 6.13. The van der Waals surface area contributed by atoms with Crippen LogP contribution in [0.25, 0.3) is 60.5 Å². The molecule has 2 aliphatic carbocycles. The Kier molecular flexibility index (Phi) is 8.50. The molecular weight excluding hydrogens is 823 g/mol. The minimum absolute atomic E-state index is 0.613. The standard InChI is InChI=1S/C65H43N3/c1-5-22-45(23-6-1)66(50-38-40-55-54-32-17-20-36-61(54)68(62(55)43-50)48-28-11-4-12-29-48)49-37-39-53-52-31-15-18-34-57(52)65(59(53)42-49)58-35-19-16-33-56(58)63-60(65)41-44-21-13-14-30-51(44)64(63)67(46-24-7-2-8-25-46)47-26-9-3-10-27-47/h1-43H. The van der Waals surface area contributed by atoms with E-state index >= 15 is 0 Å². The molecule has 0 radical (unpaired) electrons. The fourth-order valence-electron chi connectivity index (χ4n) is 11.8. The quantitative estimate of drug-likeness (QED) is 0.158. The average Bonchev–Trinajstić information content (AvgIpc) is 4.01. The van der Waals surface area contributed by atoms with Gasteiger partial charge < -0.3 is 14.4 Å². The highest BCUT2D eigenvalue weighted by atomic mass is 15.2. The van der Waals surface area contributed by atoms with Gasteiger partial charge in [0.25, 0.3) is 0 Å². The third-order valence-corrected chi connectivity index (χ3v) is 14.5. The number of aromatic nitrogens is 1. The number of benzene rings is 11. The van der Waals surface area contributed by atoms with Crippen LogP contribution in [0.2, 0.25) is 0 Å². The van der Waals surface area contributed by atoms with E-state index in [0.29, 0.717) is 0 Å². The molecule has 1 unspecified atom stereocenters. The molecule has 0 amide bonds. The number of hydrogen-bond acceptors (Lipinski definition) is 2. The minimum atomic E-state index is -0.613. The van der Waals surface area contributed by atoms with Gasteiger partial charge in [0, 0.05) is 55.8 Å². The predicted octanol–water partition coefficient (Wildman–Crippen LogP) is 17.2. The van der Waals surface area contributed by atoms with Crippen molar-refractivity contribution in [3.8, 4) is 27.9 Å². The van der Waals surface area contributed by atoms with Gasteiger partial charge in [-0.25, -0.2) is 0 Å². The first-order chi connectivity index (χ1) is 33.8. The summed E-state index contributed by atoms with van der Waals surface area (Å²) in [6, 6.07) is 96.2. The summed E-state index contributed by atoms with van der Waals surface area (Å²) in [7, 11) is 0. The SMILES string of the molecule is c1ccc(N(c2ccc3c(c2)C2(c4ccccc4-3)c3ccccc3-c3c2cc2ccccc2c3N(c2ccccc2)c2ccccc2)c2ccc3c4ccccc4n(-c4ccccc4)c3c2)cc1. The van der Waals surface area contributed by atoms with E-state index in [1.807, 2.05) is 0 Å². The van der Waals surface area contributed by atoms with Gasteiger partial charge in [0.1, 0.15) is 0 Å². The van der Waals surface area contributed by atoms with E-state index in [2.05, 4.69) is 275 Å². The van der Waals surface area contributed by atoms with E-state index in [1.165, 1.54) is 82.8 Å². The summed E-state index contributed by atoms with van der Waals surface area (Å²) in [5.74, 6) is 0. The first-order valence-corrected chi connectivity index (χ1v) is 23.5. The molecule has 3 nitrogen and oxygen atoms in total. The fourth-order valence-corrected chi connectivity index (χ4v) is 11.8. The second-order valence-electron chi connectivity index (χ2n) is 18.0. The van der Waals surface area contributed by atoms with Crippen molar-refractivity contribution >= 4 is 66.7 Å². The van der Waals surface area contributed by atoms with Gasteiger partial charge in [-0.05, 0) is 129 Å². The molecule has 0 saturated heterocycles. The van der Waals surface area contributed by atoms with Gasteiger partial charge in [-0.1, -0.05) is 176 Å². The summed E-state index contributed by atoms with van der Waals surface area (Å²) < 4.78 is 2.41. The fraction of sp³-hybridized carbons (Fsp3) is 0.0154. The van der Waals surface area contributed by atoms with Crippen LogP contribution in [0, 0.1) is 0 Å². The molecule has 1 aromatic heterocycles. The molecule has 0 bridgehead atoms. The van der Waals surface area contributed by atoms with Crippen molar-refractivity contribution in [1.29, 1.82) is 0 Å². The Labute approximate surface area is 395 Å². The van der Waals surface area contributed by atoms with Crippen LogP contribution in [0.3, 0.4) is 0 Å². The summed E-state index contributed by atoms with van der Waals surface area (Å²) in [5.41, 5.74) is 19.9. The Balaban J connectivity index is 1.06. The molecule has 3 heteroatoms. The summed E-state index contributed by atoms with van der Waals surface area (Å²) in [6.07, 6.45) is 0. The average molecular weight is 866 g/mol. The van der Waals surface area contributed by atoms with E-state index in [-0.39, 0.29) is 0 Å². The second-order valence-corrected chi connectivity index (χ2v) is 18.0. The van der Waals surface area contributed by atoms with Crippen LogP contribution in [0.4, 0.5) is 34.1 Å². The summed E-state index contributed by atoms with van der Waals surface area (Å²) in [5, 5.41) is 4.89. The summed E-state index contributed by atoms with van der Waals surface area (Å²) in [4.78, 5) is 4.93. The Morgan fingerprint density at radius 2 is 0.794 bits per heavy atom. The maximum Gasteiger partial charge on any atom is 0.0727 e. The molecule has 11 aromatic carbocycles. The molecule has 0 aliphatic heterocycles. The lowest BCUT2D eigenvalue weighted by Crippen LogP contribution is -2.26. The third kappa shape index (κ3) is 5.47. The van der Waals surface area contributed by atoms with Crippen LogP contribution in [0.15, 0.2) is 261 Å². The highest BCUT2D eigenvalue weighted by Gasteiger charge is 2.53. The molecule has 14 rings (SSSR count). The van der Waals surface area contributed by atoms with Gasteiger partial charge in [0.05, 0.1) is 22.1 Å². The van der Waals surface area contributed by atoms with Crippen molar-refractivity contribution in [2.24, 2.45) is 0 Å². The Morgan fingerprint density at radius 3 is 1.50 bits per heavy atom. The van der Waals surface area contributed by atoms with Gasteiger partial charge in [0.2, 0.25) is 0 Å². The lowest BCUT2D eigenvalue weighted by atomic mass is 9.70. The largest absolute Gasteiger partial charge is 0.310 e. The molecule has 2 aliphatic rings. The van der Waals surface area contributed by atoms with Crippen LogP contribution in [0.5, 0.6) is 0 Å². The van der Waals surface area contributed by atoms with Gasteiger partial charge in [0.15, 0.2) is 0 Å². The van der Waals surface area contributed by atoms with Crippen LogP contribution in [0.1, 0.15) is 22.3 Å². The summed E-state index contributed by atoms with van der Waals surface area (Å²) >= 11 is 0. The van der Waals surface area contributed by atoms with Crippen LogP contribution >= 0.6 is 0 Å². The zero-order chi connectivity index (χ0) is 44.8. The number of hydrogen-bond donors (Lipinski definition) is 0. The number of fused-ring (bicyclic) bond motifs is 14.